The van der Waals surface area contributed by atoms with Crippen molar-refractivity contribution in [3.8, 4) is 0 Å². The van der Waals surface area contributed by atoms with E-state index in [9.17, 15) is 0 Å². The summed E-state index contributed by atoms with van der Waals surface area (Å²) in [7, 11) is 0. The Morgan fingerprint density at radius 1 is 1.31 bits per heavy atom. The molecular formula is C13H22N2O. The molecule has 3 nitrogen and oxygen atoms in total. The van der Waals surface area contributed by atoms with Crippen molar-refractivity contribution in [2.24, 2.45) is 4.99 Å². The van der Waals surface area contributed by atoms with Gasteiger partial charge in [0.2, 0.25) is 0 Å². The normalized spacial score (nSPS) is 18.8. The number of aliphatic imine (C=N–C) groups is 1. The zero-order valence-electron chi connectivity index (χ0n) is 10.4. The zero-order valence-corrected chi connectivity index (χ0v) is 10.4. The largest absolute Gasteiger partial charge is 0.378 e. The van der Waals surface area contributed by atoms with Gasteiger partial charge in [-0.3, -0.25) is 4.99 Å². The Morgan fingerprint density at radius 3 is 2.50 bits per heavy atom. The van der Waals surface area contributed by atoms with E-state index in [1.807, 2.05) is 6.08 Å². The first-order valence-corrected chi connectivity index (χ1v) is 6.02. The van der Waals surface area contributed by atoms with E-state index in [-0.39, 0.29) is 0 Å². The Bertz CT molecular complexity index is 276. The second kappa shape index (κ2) is 7.23. The standard InChI is InChI=1S/C13H22N2O/c1-4-12(5-2)14-13(6-3)11-15-7-9-16-10-8-15/h4,11H,1,5-10H2,2-3H3/b13-11-,14-12?. The van der Waals surface area contributed by atoms with Crippen molar-refractivity contribution in [1.82, 2.24) is 4.90 Å². The van der Waals surface area contributed by atoms with Crippen molar-refractivity contribution in [1.29, 1.82) is 0 Å². The summed E-state index contributed by atoms with van der Waals surface area (Å²) in [5.41, 5.74) is 2.18. The topological polar surface area (TPSA) is 24.8 Å². The predicted octanol–water partition coefficient (Wildman–Crippen LogP) is 2.61. The minimum atomic E-state index is 0.819. The fraction of sp³-hybridized carbons (Fsp3) is 0.615. The van der Waals surface area contributed by atoms with Gasteiger partial charge in [0.15, 0.2) is 0 Å². The van der Waals surface area contributed by atoms with E-state index in [1.165, 1.54) is 0 Å². The second-order valence-corrected chi connectivity index (χ2v) is 3.78. The van der Waals surface area contributed by atoms with Gasteiger partial charge in [-0.25, -0.2) is 0 Å². The number of ether oxygens (including phenoxy) is 1. The molecule has 0 aromatic rings. The van der Waals surface area contributed by atoms with Crippen LogP contribution < -0.4 is 0 Å². The summed E-state index contributed by atoms with van der Waals surface area (Å²) in [6.45, 7) is 11.6. The van der Waals surface area contributed by atoms with E-state index in [4.69, 9.17) is 4.74 Å². The lowest BCUT2D eigenvalue weighted by Crippen LogP contribution is -2.32. The monoisotopic (exact) mass is 222 g/mol. The van der Waals surface area contributed by atoms with E-state index in [1.54, 1.807) is 0 Å². The molecule has 0 aromatic carbocycles. The Morgan fingerprint density at radius 2 is 2.00 bits per heavy atom. The quantitative estimate of drug-likeness (QED) is 0.668. The minimum Gasteiger partial charge on any atom is -0.378 e. The Kier molecular flexibility index (Phi) is 5.86. The third-order valence-electron chi connectivity index (χ3n) is 2.62. The summed E-state index contributed by atoms with van der Waals surface area (Å²) in [6.07, 6.45) is 5.88. The highest BCUT2D eigenvalue weighted by Crippen LogP contribution is 2.08. The van der Waals surface area contributed by atoms with Crippen LogP contribution in [0.25, 0.3) is 0 Å². The molecule has 16 heavy (non-hydrogen) atoms. The van der Waals surface area contributed by atoms with Gasteiger partial charge in [-0.2, -0.15) is 0 Å². The van der Waals surface area contributed by atoms with Gasteiger partial charge >= 0.3 is 0 Å². The van der Waals surface area contributed by atoms with Gasteiger partial charge in [0.05, 0.1) is 18.9 Å². The second-order valence-electron chi connectivity index (χ2n) is 3.78. The molecule has 0 unspecified atom stereocenters. The van der Waals surface area contributed by atoms with Gasteiger partial charge in [0.1, 0.15) is 0 Å². The van der Waals surface area contributed by atoms with Crippen LogP contribution in [0.4, 0.5) is 0 Å². The van der Waals surface area contributed by atoms with E-state index in [2.05, 4.69) is 36.5 Å². The number of hydrogen-bond donors (Lipinski definition) is 0. The van der Waals surface area contributed by atoms with Crippen LogP contribution in [0.3, 0.4) is 0 Å². The highest BCUT2D eigenvalue weighted by atomic mass is 16.5. The van der Waals surface area contributed by atoms with Gasteiger partial charge in [-0.15, -0.1) is 0 Å². The molecule has 1 fully saturated rings. The van der Waals surface area contributed by atoms with Crippen LogP contribution in [-0.2, 0) is 4.74 Å². The van der Waals surface area contributed by atoms with E-state index in [0.717, 1.165) is 50.6 Å². The zero-order chi connectivity index (χ0) is 11.8. The van der Waals surface area contributed by atoms with Crippen LogP contribution in [0.5, 0.6) is 0 Å². The summed E-state index contributed by atoms with van der Waals surface area (Å²) in [6, 6.07) is 0. The molecule has 1 heterocycles. The molecule has 0 saturated carbocycles. The molecule has 0 radical (unpaired) electrons. The number of rotatable bonds is 5. The average molecular weight is 222 g/mol. The van der Waals surface area contributed by atoms with Gasteiger partial charge in [-0.05, 0) is 18.9 Å². The lowest BCUT2D eigenvalue weighted by atomic mass is 10.2. The molecule has 0 aliphatic carbocycles. The molecule has 1 rings (SSSR count). The molecule has 1 aliphatic rings. The lowest BCUT2D eigenvalue weighted by molar-refractivity contribution is 0.0589. The maximum atomic E-state index is 5.32. The van der Waals surface area contributed by atoms with Crippen LogP contribution in [0, 0.1) is 0 Å². The number of morpholine rings is 1. The number of allylic oxidation sites excluding steroid dienone is 2. The highest BCUT2D eigenvalue weighted by Gasteiger charge is 2.07. The molecule has 1 aliphatic heterocycles. The van der Waals surface area contributed by atoms with Gasteiger partial charge < -0.3 is 9.64 Å². The number of nitrogens with zero attached hydrogens (tertiary/aromatic N) is 2. The molecule has 0 spiro atoms. The molecule has 90 valence electrons. The number of hydrogen-bond acceptors (Lipinski definition) is 3. The Labute approximate surface area is 98.5 Å². The SMILES string of the molecule is C=CC(CC)=N/C(=C\N1CCOCC1)CC. The molecule has 0 N–H and O–H groups in total. The summed E-state index contributed by atoms with van der Waals surface area (Å²) in [4.78, 5) is 6.88. The molecular weight excluding hydrogens is 200 g/mol. The highest BCUT2D eigenvalue weighted by molar-refractivity contribution is 5.94. The summed E-state index contributed by atoms with van der Waals surface area (Å²) in [5, 5.41) is 0. The fourth-order valence-corrected chi connectivity index (χ4v) is 1.57. The Balaban J connectivity index is 2.67. The smallest absolute Gasteiger partial charge is 0.0642 e. The third kappa shape index (κ3) is 4.19. The van der Waals surface area contributed by atoms with Crippen molar-refractivity contribution in [3.05, 3.63) is 24.6 Å². The molecule has 1 saturated heterocycles. The van der Waals surface area contributed by atoms with Crippen LogP contribution in [0.2, 0.25) is 0 Å². The first-order valence-electron chi connectivity index (χ1n) is 6.02. The van der Waals surface area contributed by atoms with Gasteiger partial charge in [0, 0.05) is 25.0 Å². The first kappa shape index (κ1) is 13.0. The van der Waals surface area contributed by atoms with Crippen LogP contribution in [0.15, 0.2) is 29.5 Å². The van der Waals surface area contributed by atoms with Crippen molar-refractivity contribution in [2.45, 2.75) is 26.7 Å². The average Bonchev–Trinajstić information content (AvgIpc) is 2.35. The third-order valence-corrected chi connectivity index (χ3v) is 2.62. The maximum Gasteiger partial charge on any atom is 0.0642 e. The molecule has 0 aromatic heterocycles. The van der Waals surface area contributed by atoms with E-state index < -0.39 is 0 Å². The van der Waals surface area contributed by atoms with E-state index in [0.29, 0.717) is 0 Å². The van der Waals surface area contributed by atoms with Crippen LogP contribution in [-0.4, -0.2) is 36.9 Å². The van der Waals surface area contributed by atoms with Crippen molar-refractivity contribution in [3.63, 3.8) is 0 Å². The maximum absolute atomic E-state index is 5.32. The Hall–Kier alpha value is -1.09. The van der Waals surface area contributed by atoms with Crippen molar-refractivity contribution < 1.29 is 4.74 Å². The lowest BCUT2D eigenvalue weighted by Gasteiger charge is -2.25. The van der Waals surface area contributed by atoms with Crippen molar-refractivity contribution >= 4 is 5.71 Å². The van der Waals surface area contributed by atoms with Crippen LogP contribution >= 0.6 is 0 Å². The van der Waals surface area contributed by atoms with Gasteiger partial charge in [-0.1, -0.05) is 20.4 Å². The first-order chi connectivity index (χ1) is 7.80. The molecule has 3 heteroatoms. The van der Waals surface area contributed by atoms with E-state index >= 15 is 0 Å². The molecule has 0 atom stereocenters. The summed E-state index contributed by atoms with van der Waals surface area (Å²) >= 11 is 0. The summed E-state index contributed by atoms with van der Waals surface area (Å²) in [5.74, 6) is 0. The fourth-order valence-electron chi connectivity index (χ4n) is 1.57. The predicted molar refractivity (Wildman–Crippen MR) is 68.7 cm³/mol. The molecule has 0 amide bonds. The van der Waals surface area contributed by atoms with Crippen LogP contribution in [0.1, 0.15) is 26.7 Å². The molecule has 0 bridgehead atoms. The summed E-state index contributed by atoms with van der Waals surface area (Å²) < 4.78 is 5.32. The van der Waals surface area contributed by atoms with Crippen molar-refractivity contribution in [2.75, 3.05) is 26.3 Å². The minimum absolute atomic E-state index is 0.819. The van der Waals surface area contributed by atoms with Gasteiger partial charge in [0.25, 0.3) is 0 Å².